The minimum Gasteiger partial charge on any atom is -0.324 e. The van der Waals surface area contributed by atoms with Gasteiger partial charge in [0.25, 0.3) is 0 Å². The van der Waals surface area contributed by atoms with Crippen molar-refractivity contribution in [3.8, 4) is 0 Å². The molecule has 16 heavy (non-hydrogen) atoms. The quantitative estimate of drug-likeness (QED) is 0.494. The Bertz CT molecular complexity index is 252. The lowest BCUT2D eigenvalue weighted by Crippen LogP contribution is -1.98. The summed E-state index contributed by atoms with van der Waals surface area (Å²) in [5.41, 5.74) is 0. The molecule has 0 bridgehead atoms. The minimum absolute atomic E-state index is 0.00691. The van der Waals surface area contributed by atoms with Crippen LogP contribution in [0.4, 0.5) is 0 Å². The van der Waals surface area contributed by atoms with Crippen molar-refractivity contribution in [2.45, 2.75) is 26.7 Å². The molecule has 6 nitrogen and oxygen atoms in total. The van der Waals surface area contributed by atoms with E-state index in [-0.39, 0.29) is 25.5 Å². The maximum atomic E-state index is 11.2. The van der Waals surface area contributed by atoms with Crippen molar-refractivity contribution in [2.24, 2.45) is 0 Å². The van der Waals surface area contributed by atoms with Crippen LogP contribution in [0.3, 0.4) is 0 Å². The van der Waals surface area contributed by atoms with Crippen molar-refractivity contribution in [1.82, 2.24) is 0 Å². The van der Waals surface area contributed by atoms with Gasteiger partial charge in [-0.3, -0.25) is 9.13 Å². The average molecular weight is 274 g/mol. The highest BCUT2D eigenvalue weighted by atomic mass is 31.2. The Labute approximate surface area is 96.0 Å². The fourth-order valence-electron chi connectivity index (χ4n) is 1.16. The van der Waals surface area contributed by atoms with Gasteiger partial charge in [0, 0.05) is 0 Å². The van der Waals surface area contributed by atoms with Crippen LogP contribution in [0.5, 0.6) is 0 Å². The molecule has 98 valence electrons. The monoisotopic (exact) mass is 274 g/mol. The SMILES string of the molecule is CCOP(=O)(O)CCCCP(=O)(O)OCC. The summed E-state index contributed by atoms with van der Waals surface area (Å²) in [6, 6.07) is 0. The van der Waals surface area contributed by atoms with Crippen molar-refractivity contribution in [3.63, 3.8) is 0 Å². The van der Waals surface area contributed by atoms with Gasteiger partial charge < -0.3 is 18.8 Å². The average Bonchev–Trinajstić information content (AvgIpc) is 2.12. The highest BCUT2D eigenvalue weighted by molar-refractivity contribution is 7.53. The summed E-state index contributed by atoms with van der Waals surface area (Å²) in [5, 5.41) is 0. The van der Waals surface area contributed by atoms with Crippen molar-refractivity contribution < 1.29 is 28.0 Å². The van der Waals surface area contributed by atoms with E-state index in [1.807, 2.05) is 0 Å². The van der Waals surface area contributed by atoms with Gasteiger partial charge in [0.15, 0.2) is 0 Å². The zero-order valence-corrected chi connectivity index (χ0v) is 11.5. The number of hydrogen-bond acceptors (Lipinski definition) is 4. The Morgan fingerprint density at radius 2 is 1.19 bits per heavy atom. The standard InChI is InChI=1S/C8H20O6P2/c1-3-13-15(9,10)7-5-6-8-16(11,12)14-4-2/h3-8H2,1-2H3,(H,9,10)(H,11,12). The predicted octanol–water partition coefficient (Wildman–Crippen LogP) is 2.21. The summed E-state index contributed by atoms with van der Waals surface area (Å²) < 4.78 is 31.8. The van der Waals surface area contributed by atoms with E-state index in [2.05, 4.69) is 9.05 Å². The van der Waals surface area contributed by atoms with E-state index in [1.165, 1.54) is 0 Å². The van der Waals surface area contributed by atoms with Gasteiger partial charge in [0.2, 0.25) is 0 Å². The lowest BCUT2D eigenvalue weighted by Gasteiger charge is -2.12. The molecule has 2 atom stereocenters. The smallest absolute Gasteiger partial charge is 0.324 e. The van der Waals surface area contributed by atoms with E-state index in [1.54, 1.807) is 13.8 Å². The van der Waals surface area contributed by atoms with Crippen LogP contribution in [0.2, 0.25) is 0 Å². The fraction of sp³-hybridized carbons (Fsp3) is 1.00. The molecule has 0 aliphatic rings. The van der Waals surface area contributed by atoms with E-state index in [9.17, 15) is 18.9 Å². The first kappa shape index (κ1) is 16.3. The summed E-state index contributed by atoms with van der Waals surface area (Å²) in [6.45, 7) is 3.65. The largest absolute Gasteiger partial charge is 0.328 e. The Balaban J connectivity index is 3.76. The molecule has 2 unspecified atom stereocenters. The van der Waals surface area contributed by atoms with Gasteiger partial charge in [-0.2, -0.15) is 0 Å². The zero-order chi connectivity index (χ0) is 12.7. The second-order valence-corrected chi connectivity index (χ2v) is 7.23. The first-order valence-corrected chi connectivity index (χ1v) is 8.78. The first-order valence-electron chi connectivity index (χ1n) is 5.25. The Hall–Kier alpha value is 0.300. The van der Waals surface area contributed by atoms with Crippen LogP contribution < -0.4 is 0 Å². The highest BCUT2D eigenvalue weighted by Gasteiger charge is 2.21. The topological polar surface area (TPSA) is 93.1 Å². The lowest BCUT2D eigenvalue weighted by molar-refractivity contribution is 0.268. The number of unbranched alkanes of at least 4 members (excludes halogenated alkanes) is 1. The van der Waals surface area contributed by atoms with Crippen molar-refractivity contribution in [1.29, 1.82) is 0 Å². The maximum Gasteiger partial charge on any atom is 0.328 e. The molecule has 0 aromatic heterocycles. The predicted molar refractivity (Wildman–Crippen MR) is 61.9 cm³/mol. The van der Waals surface area contributed by atoms with Gasteiger partial charge in [-0.15, -0.1) is 0 Å². The summed E-state index contributed by atoms with van der Waals surface area (Å²) in [6.07, 6.45) is 0.747. The summed E-state index contributed by atoms with van der Waals surface area (Å²) in [4.78, 5) is 18.4. The van der Waals surface area contributed by atoms with E-state index in [4.69, 9.17) is 0 Å². The molecular formula is C8H20O6P2. The highest BCUT2D eigenvalue weighted by Crippen LogP contribution is 2.45. The molecule has 0 rings (SSSR count). The molecule has 0 saturated heterocycles. The lowest BCUT2D eigenvalue weighted by atomic mass is 10.4. The van der Waals surface area contributed by atoms with Gasteiger partial charge >= 0.3 is 15.2 Å². The third-order valence-corrected chi connectivity index (χ3v) is 4.88. The number of rotatable bonds is 9. The minimum atomic E-state index is -3.50. The summed E-state index contributed by atoms with van der Waals surface area (Å²) >= 11 is 0. The molecule has 8 heteroatoms. The molecule has 0 aromatic rings. The Morgan fingerprint density at radius 1 is 0.875 bits per heavy atom. The first-order chi connectivity index (χ1) is 7.33. The molecule has 0 aliphatic carbocycles. The van der Waals surface area contributed by atoms with E-state index >= 15 is 0 Å². The van der Waals surface area contributed by atoms with Gasteiger partial charge in [0.1, 0.15) is 0 Å². The molecule has 0 aromatic carbocycles. The molecule has 2 N–H and O–H groups in total. The van der Waals surface area contributed by atoms with E-state index in [0.29, 0.717) is 12.8 Å². The normalized spacial score (nSPS) is 19.0. The summed E-state index contributed by atoms with van der Waals surface area (Å²) in [7, 11) is -7.00. The van der Waals surface area contributed by atoms with E-state index < -0.39 is 15.2 Å². The fourth-order valence-corrected chi connectivity index (χ4v) is 3.47. The van der Waals surface area contributed by atoms with E-state index in [0.717, 1.165) is 0 Å². The Morgan fingerprint density at radius 3 is 1.44 bits per heavy atom. The van der Waals surface area contributed by atoms with Crippen LogP contribution in [0.1, 0.15) is 26.7 Å². The van der Waals surface area contributed by atoms with Crippen LogP contribution in [-0.4, -0.2) is 35.3 Å². The van der Waals surface area contributed by atoms with Crippen molar-refractivity contribution >= 4 is 15.2 Å². The molecule has 0 spiro atoms. The molecule has 0 aliphatic heterocycles. The molecule has 0 saturated carbocycles. The Kier molecular flexibility index (Phi) is 7.73. The molecular weight excluding hydrogens is 254 g/mol. The van der Waals surface area contributed by atoms with Crippen molar-refractivity contribution in [3.05, 3.63) is 0 Å². The third kappa shape index (κ3) is 8.45. The zero-order valence-electron chi connectivity index (χ0n) is 9.66. The van der Waals surface area contributed by atoms with Crippen LogP contribution >= 0.6 is 15.2 Å². The second kappa shape index (κ2) is 7.59. The molecule has 0 heterocycles. The van der Waals surface area contributed by atoms with Crippen LogP contribution in [-0.2, 0) is 18.2 Å². The van der Waals surface area contributed by atoms with Gasteiger partial charge in [-0.05, 0) is 26.7 Å². The van der Waals surface area contributed by atoms with Crippen LogP contribution in [0.25, 0.3) is 0 Å². The number of hydrogen-bond donors (Lipinski definition) is 2. The maximum absolute atomic E-state index is 11.2. The molecule has 0 fully saturated rings. The van der Waals surface area contributed by atoms with Gasteiger partial charge in [-0.25, -0.2) is 0 Å². The van der Waals surface area contributed by atoms with Gasteiger partial charge in [-0.1, -0.05) is 0 Å². The third-order valence-electron chi connectivity index (χ3n) is 1.79. The summed E-state index contributed by atoms with van der Waals surface area (Å²) in [5.74, 6) is 0. The van der Waals surface area contributed by atoms with Crippen molar-refractivity contribution in [2.75, 3.05) is 25.5 Å². The second-order valence-electron chi connectivity index (χ2n) is 3.26. The van der Waals surface area contributed by atoms with Crippen LogP contribution in [0, 0.1) is 0 Å². The van der Waals surface area contributed by atoms with Gasteiger partial charge in [0.05, 0.1) is 25.5 Å². The molecule has 0 amide bonds. The molecule has 0 radical (unpaired) electrons. The van der Waals surface area contributed by atoms with Crippen LogP contribution in [0.15, 0.2) is 0 Å².